The molecule has 0 aliphatic heterocycles. The maximum Gasteiger partial charge on any atom is 0.269 e. The zero-order valence-corrected chi connectivity index (χ0v) is 12.0. The van der Waals surface area contributed by atoms with Crippen molar-refractivity contribution in [2.75, 3.05) is 12.4 Å². The van der Waals surface area contributed by atoms with Crippen LogP contribution >= 0.6 is 0 Å². The molecule has 7 nitrogen and oxygen atoms in total. The molecule has 2 aromatic rings. The molecule has 1 amide bonds. The van der Waals surface area contributed by atoms with Crippen LogP contribution in [0.5, 0.6) is 0 Å². The van der Waals surface area contributed by atoms with Crippen molar-refractivity contribution in [2.24, 2.45) is 5.73 Å². The highest BCUT2D eigenvalue weighted by Crippen LogP contribution is 2.21. The summed E-state index contributed by atoms with van der Waals surface area (Å²) >= 11 is 0. The molecule has 106 valence electrons. The van der Waals surface area contributed by atoms with Crippen molar-refractivity contribution in [1.82, 2.24) is 19.7 Å². The summed E-state index contributed by atoms with van der Waals surface area (Å²) in [6, 6.07) is 3.31. The summed E-state index contributed by atoms with van der Waals surface area (Å²) in [7, 11) is 1.79. The van der Waals surface area contributed by atoms with Gasteiger partial charge in [0.15, 0.2) is 5.82 Å². The molecule has 0 radical (unpaired) electrons. The van der Waals surface area contributed by atoms with Crippen molar-refractivity contribution < 1.29 is 4.79 Å². The summed E-state index contributed by atoms with van der Waals surface area (Å²) < 4.78 is 1.51. The summed E-state index contributed by atoms with van der Waals surface area (Å²) in [5.41, 5.74) is 5.21. The Bertz CT molecular complexity index is 641. The van der Waals surface area contributed by atoms with E-state index in [-0.39, 0.29) is 11.1 Å². The normalized spacial score (nSPS) is 11.4. The van der Waals surface area contributed by atoms with Crippen LogP contribution in [0.3, 0.4) is 0 Å². The van der Waals surface area contributed by atoms with Gasteiger partial charge >= 0.3 is 0 Å². The topological polar surface area (TPSA) is 98.7 Å². The Labute approximate surface area is 117 Å². The summed E-state index contributed by atoms with van der Waals surface area (Å²) in [5.74, 6) is 1.40. The molecule has 0 bridgehead atoms. The first-order valence-corrected chi connectivity index (χ1v) is 6.24. The minimum atomic E-state index is -0.567. The molecule has 20 heavy (non-hydrogen) atoms. The van der Waals surface area contributed by atoms with E-state index in [0.717, 1.165) is 0 Å². The lowest BCUT2D eigenvalue weighted by atomic mass is 9.96. The van der Waals surface area contributed by atoms with Crippen molar-refractivity contribution in [3.8, 4) is 5.82 Å². The van der Waals surface area contributed by atoms with Gasteiger partial charge < -0.3 is 11.1 Å². The third-order valence-electron chi connectivity index (χ3n) is 2.72. The lowest BCUT2D eigenvalue weighted by Gasteiger charge is -2.18. The average molecular weight is 274 g/mol. The number of carbonyl (C=O) groups excluding carboxylic acids is 1. The van der Waals surface area contributed by atoms with Gasteiger partial charge in [-0.15, -0.1) is 0 Å². The number of hydrogen-bond acceptors (Lipinski definition) is 5. The zero-order chi connectivity index (χ0) is 14.9. The van der Waals surface area contributed by atoms with Gasteiger partial charge in [-0.25, -0.2) is 14.6 Å². The number of carbonyl (C=O) groups is 1. The average Bonchev–Trinajstić information content (AvgIpc) is 2.87. The second-order valence-electron chi connectivity index (χ2n) is 5.44. The van der Waals surface area contributed by atoms with Crippen LogP contribution in [0, 0.1) is 0 Å². The Balaban J connectivity index is 2.52. The van der Waals surface area contributed by atoms with E-state index in [1.54, 1.807) is 25.4 Å². The Morgan fingerprint density at radius 2 is 2.05 bits per heavy atom. The molecule has 7 heteroatoms. The van der Waals surface area contributed by atoms with Gasteiger partial charge in [0.2, 0.25) is 0 Å². The Morgan fingerprint density at radius 3 is 2.55 bits per heavy atom. The van der Waals surface area contributed by atoms with E-state index in [9.17, 15) is 4.79 Å². The second kappa shape index (κ2) is 4.92. The molecule has 0 aromatic carbocycles. The second-order valence-corrected chi connectivity index (χ2v) is 5.44. The number of rotatable bonds is 3. The van der Waals surface area contributed by atoms with Gasteiger partial charge in [0.05, 0.1) is 0 Å². The minimum Gasteiger partial charge on any atom is -0.373 e. The summed E-state index contributed by atoms with van der Waals surface area (Å²) in [6.45, 7) is 6.09. The molecule has 0 saturated heterocycles. The van der Waals surface area contributed by atoms with Crippen LogP contribution in [-0.2, 0) is 5.41 Å². The molecule has 0 fully saturated rings. The van der Waals surface area contributed by atoms with Crippen molar-refractivity contribution in [2.45, 2.75) is 26.2 Å². The molecule has 0 unspecified atom stereocenters. The fraction of sp³-hybridized carbons (Fsp3) is 0.385. The third-order valence-corrected chi connectivity index (χ3v) is 2.72. The standard InChI is InChI=1S/C13H18N6O/c1-13(2,3)12-16-9(15-4)7-10(17-12)19-6-5-8(18-19)11(14)20/h5-7H,1-4H3,(H2,14,20)(H,15,16,17). The van der Waals surface area contributed by atoms with Gasteiger partial charge in [-0.2, -0.15) is 5.10 Å². The summed E-state index contributed by atoms with van der Waals surface area (Å²) in [5, 5.41) is 7.10. The van der Waals surface area contributed by atoms with Crippen molar-refractivity contribution >= 4 is 11.7 Å². The van der Waals surface area contributed by atoms with E-state index in [2.05, 4.69) is 20.4 Å². The highest BCUT2D eigenvalue weighted by molar-refractivity contribution is 5.90. The predicted octanol–water partition coefficient (Wildman–Crippen LogP) is 1.10. The molecule has 0 aliphatic rings. The van der Waals surface area contributed by atoms with Crippen molar-refractivity contribution in [1.29, 1.82) is 0 Å². The Hall–Kier alpha value is -2.44. The number of anilines is 1. The highest BCUT2D eigenvalue weighted by atomic mass is 16.1. The zero-order valence-electron chi connectivity index (χ0n) is 12.0. The van der Waals surface area contributed by atoms with Crippen LogP contribution in [0.25, 0.3) is 5.82 Å². The fourth-order valence-corrected chi connectivity index (χ4v) is 1.60. The fourth-order valence-electron chi connectivity index (χ4n) is 1.60. The first-order chi connectivity index (χ1) is 9.31. The monoisotopic (exact) mass is 274 g/mol. The molecular formula is C13H18N6O. The van der Waals surface area contributed by atoms with E-state index < -0.39 is 5.91 Å². The SMILES string of the molecule is CNc1cc(-n2ccc(C(N)=O)n2)nc(C(C)(C)C)n1. The van der Waals surface area contributed by atoms with E-state index in [1.807, 2.05) is 20.8 Å². The van der Waals surface area contributed by atoms with Crippen molar-refractivity contribution in [3.05, 3.63) is 29.8 Å². The lowest BCUT2D eigenvalue weighted by molar-refractivity contribution is 0.0995. The molecule has 0 saturated carbocycles. The quantitative estimate of drug-likeness (QED) is 0.873. The molecule has 3 N–H and O–H groups in total. The number of nitrogens with zero attached hydrogens (tertiary/aromatic N) is 4. The largest absolute Gasteiger partial charge is 0.373 e. The van der Waals surface area contributed by atoms with Gasteiger partial charge in [0.25, 0.3) is 5.91 Å². The number of amides is 1. The first-order valence-electron chi connectivity index (χ1n) is 6.24. The van der Waals surface area contributed by atoms with Crippen LogP contribution in [-0.4, -0.2) is 32.7 Å². The van der Waals surface area contributed by atoms with E-state index >= 15 is 0 Å². The lowest BCUT2D eigenvalue weighted by Crippen LogP contribution is -2.19. The van der Waals surface area contributed by atoms with Gasteiger partial charge in [0, 0.05) is 24.7 Å². The molecule has 2 aromatic heterocycles. The maximum atomic E-state index is 11.1. The van der Waals surface area contributed by atoms with E-state index in [0.29, 0.717) is 17.5 Å². The van der Waals surface area contributed by atoms with Crippen LogP contribution < -0.4 is 11.1 Å². The van der Waals surface area contributed by atoms with E-state index in [4.69, 9.17) is 5.73 Å². The first kappa shape index (κ1) is 14.0. The smallest absolute Gasteiger partial charge is 0.269 e. The number of aromatic nitrogens is 4. The number of nitrogens with one attached hydrogen (secondary N) is 1. The van der Waals surface area contributed by atoms with Crippen LogP contribution in [0.15, 0.2) is 18.3 Å². The summed E-state index contributed by atoms with van der Waals surface area (Å²) in [4.78, 5) is 20.0. The molecule has 0 atom stereocenters. The van der Waals surface area contributed by atoms with Gasteiger partial charge in [-0.05, 0) is 6.07 Å². The molecule has 2 rings (SSSR count). The third kappa shape index (κ3) is 2.76. The Kier molecular flexibility index (Phi) is 3.44. The minimum absolute atomic E-state index is 0.193. The number of nitrogens with two attached hydrogens (primary N) is 1. The predicted molar refractivity (Wildman–Crippen MR) is 75.9 cm³/mol. The van der Waals surface area contributed by atoms with Crippen LogP contribution in [0.2, 0.25) is 0 Å². The van der Waals surface area contributed by atoms with Gasteiger partial charge in [0.1, 0.15) is 17.3 Å². The number of hydrogen-bond donors (Lipinski definition) is 2. The molecule has 0 aliphatic carbocycles. The van der Waals surface area contributed by atoms with Gasteiger partial charge in [-0.3, -0.25) is 4.79 Å². The van der Waals surface area contributed by atoms with Crippen LogP contribution in [0.4, 0.5) is 5.82 Å². The molecule has 0 spiro atoms. The molecule has 2 heterocycles. The molecular weight excluding hydrogens is 256 g/mol. The van der Waals surface area contributed by atoms with Crippen LogP contribution in [0.1, 0.15) is 37.1 Å². The van der Waals surface area contributed by atoms with E-state index in [1.165, 1.54) is 4.68 Å². The van der Waals surface area contributed by atoms with Crippen molar-refractivity contribution in [3.63, 3.8) is 0 Å². The maximum absolute atomic E-state index is 11.1. The highest BCUT2D eigenvalue weighted by Gasteiger charge is 2.20. The number of primary amides is 1. The Morgan fingerprint density at radius 1 is 1.35 bits per heavy atom. The summed E-state index contributed by atoms with van der Waals surface area (Å²) in [6.07, 6.45) is 1.65. The van der Waals surface area contributed by atoms with Gasteiger partial charge in [-0.1, -0.05) is 20.8 Å².